The molecule has 0 aliphatic heterocycles. The van der Waals surface area contributed by atoms with Gasteiger partial charge in [-0.2, -0.15) is 0 Å². The number of rotatable bonds is 5. The molecule has 4 aromatic rings. The maximum Gasteiger partial charge on any atom is 0.336 e. The Morgan fingerprint density at radius 1 is 1.00 bits per heavy atom. The zero-order chi connectivity index (χ0) is 21.8. The van der Waals surface area contributed by atoms with Gasteiger partial charge in [0.15, 0.2) is 0 Å². The van der Waals surface area contributed by atoms with E-state index < -0.39 is 5.97 Å². The van der Waals surface area contributed by atoms with Crippen molar-refractivity contribution in [2.75, 3.05) is 0 Å². The monoisotopic (exact) mass is 432 g/mol. The Kier molecular flexibility index (Phi) is 5.87. The lowest BCUT2D eigenvalue weighted by atomic mass is 10.1. The molecular formula is C25H17ClO5. The van der Waals surface area contributed by atoms with Gasteiger partial charge in [-0.1, -0.05) is 53.6 Å². The first-order chi connectivity index (χ1) is 15.0. The smallest absolute Gasteiger partial charge is 0.336 e. The summed E-state index contributed by atoms with van der Waals surface area (Å²) in [5.41, 5.74) is 1.93. The molecule has 0 saturated heterocycles. The van der Waals surface area contributed by atoms with Crippen molar-refractivity contribution >= 4 is 34.6 Å². The Morgan fingerprint density at radius 2 is 1.77 bits per heavy atom. The third kappa shape index (κ3) is 4.85. The summed E-state index contributed by atoms with van der Waals surface area (Å²) in [6.45, 7) is 1.99. The number of carbonyl (C=O) groups is 1. The molecule has 0 saturated carbocycles. The minimum absolute atomic E-state index is 0.00590. The molecule has 0 spiro atoms. The average Bonchev–Trinajstić information content (AvgIpc) is 2.77. The maximum atomic E-state index is 12.7. The molecule has 0 amide bonds. The Bertz CT molecular complexity index is 1340. The topological polar surface area (TPSA) is 65.7 Å². The second-order valence-electron chi connectivity index (χ2n) is 6.78. The third-order valence-electron chi connectivity index (χ3n) is 4.48. The Balaban J connectivity index is 1.52. The molecule has 154 valence electrons. The maximum absolute atomic E-state index is 12.7. The molecule has 0 radical (unpaired) electrons. The molecule has 6 heteroatoms. The van der Waals surface area contributed by atoms with Crippen LogP contribution < -0.4 is 14.9 Å². The van der Waals surface area contributed by atoms with E-state index in [9.17, 15) is 9.59 Å². The first-order valence-electron chi connectivity index (χ1n) is 9.44. The van der Waals surface area contributed by atoms with E-state index in [1.165, 1.54) is 30.5 Å². The molecule has 3 aromatic carbocycles. The molecule has 5 nitrogen and oxygen atoms in total. The standard InChI is InChI=1S/C25H17ClO5/c1-16-6-8-17(9-7-16)10-13-24(27)30-18-11-12-19-22(14-18)29-15-23(25(19)28)31-21-5-3-2-4-20(21)26/h2-15H,1H3/b13-10+. The lowest BCUT2D eigenvalue weighted by molar-refractivity contribution is -0.128. The second kappa shape index (κ2) is 8.90. The van der Waals surface area contributed by atoms with Crippen LogP contribution in [0.4, 0.5) is 0 Å². The van der Waals surface area contributed by atoms with Gasteiger partial charge in [0.05, 0.1) is 10.4 Å². The first-order valence-corrected chi connectivity index (χ1v) is 9.82. The normalized spacial score (nSPS) is 11.0. The molecule has 0 bridgehead atoms. The van der Waals surface area contributed by atoms with Gasteiger partial charge in [0.25, 0.3) is 0 Å². The predicted molar refractivity (Wildman–Crippen MR) is 120 cm³/mol. The molecule has 1 aromatic heterocycles. The van der Waals surface area contributed by atoms with E-state index in [-0.39, 0.29) is 22.5 Å². The largest absolute Gasteiger partial charge is 0.460 e. The lowest BCUT2D eigenvalue weighted by Gasteiger charge is -2.07. The van der Waals surface area contributed by atoms with E-state index in [1.807, 2.05) is 31.2 Å². The van der Waals surface area contributed by atoms with Crippen molar-refractivity contribution in [3.8, 4) is 17.2 Å². The van der Waals surface area contributed by atoms with E-state index in [0.29, 0.717) is 16.2 Å². The van der Waals surface area contributed by atoms with Crippen molar-refractivity contribution in [1.82, 2.24) is 0 Å². The van der Waals surface area contributed by atoms with Crippen molar-refractivity contribution in [3.05, 3.63) is 105 Å². The highest BCUT2D eigenvalue weighted by Gasteiger charge is 2.12. The summed E-state index contributed by atoms with van der Waals surface area (Å²) < 4.78 is 16.4. The molecule has 4 rings (SSSR count). The summed E-state index contributed by atoms with van der Waals surface area (Å²) in [7, 11) is 0. The molecule has 1 heterocycles. The summed E-state index contributed by atoms with van der Waals surface area (Å²) in [5.74, 6) is 0.0722. The molecule has 0 N–H and O–H groups in total. The first kappa shape index (κ1) is 20.4. The van der Waals surface area contributed by atoms with Gasteiger partial charge in [0.2, 0.25) is 11.2 Å². The van der Waals surface area contributed by atoms with Crippen LogP contribution in [-0.2, 0) is 4.79 Å². The number of carbonyl (C=O) groups excluding carboxylic acids is 1. The number of hydrogen-bond acceptors (Lipinski definition) is 5. The zero-order valence-electron chi connectivity index (χ0n) is 16.5. The van der Waals surface area contributed by atoms with Gasteiger partial charge in [-0.25, -0.2) is 4.79 Å². The van der Waals surface area contributed by atoms with Crippen molar-refractivity contribution in [3.63, 3.8) is 0 Å². The highest BCUT2D eigenvalue weighted by atomic mass is 35.5. The van der Waals surface area contributed by atoms with Crippen LogP contribution in [-0.4, -0.2) is 5.97 Å². The number of benzene rings is 3. The summed E-state index contributed by atoms with van der Waals surface area (Å²) in [5, 5.41) is 0.669. The number of para-hydroxylation sites is 1. The average molecular weight is 433 g/mol. The molecule has 0 fully saturated rings. The van der Waals surface area contributed by atoms with E-state index >= 15 is 0 Å². The molecular weight excluding hydrogens is 416 g/mol. The van der Waals surface area contributed by atoms with Gasteiger partial charge in [-0.15, -0.1) is 0 Å². The van der Waals surface area contributed by atoms with Crippen molar-refractivity contribution in [2.24, 2.45) is 0 Å². The predicted octanol–water partition coefficient (Wildman–Crippen LogP) is 6.17. The zero-order valence-corrected chi connectivity index (χ0v) is 17.3. The van der Waals surface area contributed by atoms with E-state index in [4.69, 9.17) is 25.5 Å². The van der Waals surface area contributed by atoms with Gasteiger partial charge in [0, 0.05) is 12.1 Å². The quantitative estimate of drug-likeness (QED) is 0.214. The number of esters is 1. The van der Waals surface area contributed by atoms with Crippen LogP contribution >= 0.6 is 11.6 Å². The second-order valence-corrected chi connectivity index (χ2v) is 7.19. The number of fused-ring (bicyclic) bond motifs is 1. The lowest BCUT2D eigenvalue weighted by Crippen LogP contribution is -2.06. The molecule has 31 heavy (non-hydrogen) atoms. The Morgan fingerprint density at radius 3 is 2.55 bits per heavy atom. The fraction of sp³-hybridized carbons (Fsp3) is 0.0400. The highest BCUT2D eigenvalue weighted by molar-refractivity contribution is 6.32. The Labute approximate surface area is 183 Å². The highest BCUT2D eigenvalue weighted by Crippen LogP contribution is 2.29. The fourth-order valence-electron chi connectivity index (χ4n) is 2.86. The van der Waals surface area contributed by atoms with Gasteiger partial charge in [-0.05, 0) is 42.8 Å². The summed E-state index contributed by atoms with van der Waals surface area (Å²) in [6.07, 6.45) is 4.21. The molecule has 0 atom stereocenters. The van der Waals surface area contributed by atoms with E-state index in [2.05, 4.69) is 0 Å². The van der Waals surface area contributed by atoms with Gasteiger partial charge in [-0.3, -0.25) is 4.79 Å². The molecule has 0 aliphatic carbocycles. The minimum Gasteiger partial charge on any atom is -0.460 e. The summed E-state index contributed by atoms with van der Waals surface area (Å²) in [4.78, 5) is 24.8. The van der Waals surface area contributed by atoms with Crippen molar-refractivity contribution in [1.29, 1.82) is 0 Å². The van der Waals surface area contributed by atoms with Crippen molar-refractivity contribution in [2.45, 2.75) is 6.92 Å². The SMILES string of the molecule is Cc1ccc(/C=C/C(=O)Oc2ccc3c(=O)c(Oc4ccccc4Cl)coc3c2)cc1. The van der Waals surface area contributed by atoms with Crippen LogP contribution in [0.2, 0.25) is 5.02 Å². The Hall–Kier alpha value is -3.83. The van der Waals surface area contributed by atoms with Gasteiger partial charge in [0.1, 0.15) is 23.3 Å². The van der Waals surface area contributed by atoms with Crippen LogP contribution in [0, 0.1) is 6.92 Å². The number of hydrogen-bond donors (Lipinski definition) is 0. The molecule has 0 aliphatic rings. The van der Waals surface area contributed by atoms with Crippen LogP contribution in [0.3, 0.4) is 0 Å². The van der Waals surface area contributed by atoms with Gasteiger partial charge < -0.3 is 13.9 Å². The summed E-state index contributed by atoms with van der Waals surface area (Å²) in [6, 6.07) is 19.1. The van der Waals surface area contributed by atoms with Crippen LogP contribution in [0.1, 0.15) is 11.1 Å². The number of aryl methyl sites for hydroxylation is 1. The van der Waals surface area contributed by atoms with Crippen molar-refractivity contribution < 1.29 is 18.7 Å². The third-order valence-corrected chi connectivity index (χ3v) is 4.79. The number of halogens is 1. The van der Waals surface area contributed by atoms with Crippen LogP contribution in [0.15, 0.2) is 88.3 Å². The fourth-order valence-corrected chi connectivity index (χ4v) is 3.04. The van der Waals surface area contributed by atoms with E-state index in [1.54, 1.807) is 30.3 Å². The van der Waals surface area contributed by atoms with Gasteiger partial charge >= 0.3 is 5.97 Å². The minimum atomic E-state index is -0.541. The summed E-state index contributed by atoms with van der Waals surface area (Å²) >= 11 is 6.07. The number of ether oxygens (including phenoxy) is 2. The van der Waals surface area contributed by atoms with Crippen LogP contribution in [0.5, 0.6) is 17.2 Å². The van der Waals surface area contributed by atoms with E-state index in [0.717, 1.165) is 11.1 Å². The van der Waals surface area contributed by atoms with Crippen LogP contribution in [0.25, 0.3) is 17.0 Å². The molecule has 0 unspecified atom stereocenters.